The number of hydrogen-bond donors (Lipinski definition) is 1. The third kappa shape index (κ3) is 3.47. The summed E-state index contributed by atoms with van der Waals surface area (Å²) in [6.07, 6.45) is 0. The van der Waals surface area contributed by atoms with Gasteiger partial charge < -0.3 is 4.74 Å². The van der Waals surface area contributed by atoms with Crippen molar-refractivity contribution in [1.29, 1.82) is 0 Å². The van der Waals surface area contributed by atoms with Crippen molar-refractivity contribution < 1.29 is 9.53 Å². The fourth-order valence-corrected chi connectivity index (χ4v) is 2.34. The molecule has 0 aliphatic rings. The van der Waals surface area contributed by atoms with E-state index in [1.165, 1.54) is 4.52 Å². The van der Waals surface area contributed by atoms with Crippen molar-refractivity contribution in [3.63, 3.8) is 0 Å². The molecule has 1 N–H and O–H groups in total. The minimum absolute atomic E-state index is 0.0208. The number of hydrazone groups is 1. The van der Waals surface area contributed by atoms with Gasteiger partial charge in [-0.1, -0.05) is 0 Å². The molecule has 0 saturated heterocycles. The summed E-state index contributed by atoms with van der Waals surface area (Å²) in [4.78, 5) is 20.7. The van der Waals surface area contributed by atoms with E-state index in [0.717, 1.165) is 22.7 Å². The van der Waals surface area contributed by atoms with Crippen molar-refractivity contribution in [1.82, 2.24) is 25.0 Å². The van der Waals surface area contributed by atoms with E-state index in [1.54, 1.807) is 14.0 Å². The zero-order valence-corrected chi connectivity index (χ0v) is 14.4. The third-order valence-corrected chi connectivity index (χ3v) is 3.65. The molecule has 0 fully saturated rings. The lowest BCUT2D eigenvalue weighted by atomic mass is 10.1. The molecule has 0 bridgehead atoms. The first-order chi connectivity index (χ1) is 12.0. The van der Waals surface area contributed by atoms with E-state index in [1.807, 2.05) is 44.2 Å². The predicted octanol–water partition coefficient (Wildman–Crippen LogP) is 1.90. The standard InChI is InChI=1S/C17H18N6O2/c1-10-9-11(2)23-17(18-10)19-15(22-23)16(24)21-20-12(3)13-5-7-14(25-4)8-6-13/h5-9H,1-4H3,(H,21,24)/b20-12+. The quantitative estimate of drug-likeness (QED) is 0.579. The van der Waals surface area contributed by atoms with Crippen LogP contribution < -0.4 is 10.2 Å². The molecule has 0 radical (unpaired) electrons. The highest BCUT2D eigenvalue weighted by Crippen LogP contribution is 2.12. The molecule has 3 rings (SSSR count). The van der Waals surface area contributed by atoms with Gasteiger partial charge in [-0.15, -0.1) is 5.10 Å². The number of rotatable bonds is 4. The maximum absolute atomic E-state index is 12.2. The summed E-state index contributed by atoms with van der Waals surface area (Å²) in [5.74, 6) is 0.675. The fourth-order valence-electron chi connectivity index (χ4n) is 2.34. The Bertz CT molecular complexity index is 959. The molecule has 2 aromatic heterocycles. The first-order valence-electron chi connectivity index (χ1n) is 7.68. The zero-order valence-electron chi connectivity index (χ0n) is 14.4. The van der Waals surface area contributed by atoms with Gasteiger partial charge in [0.25, 0.3) is 5.78 Å². The average Bonchev–Trinajstić information content (AvgIpc) is 3.04. The second kappa shape index (κ2) is 6.68. The highest BCUT2D eigenvalue weighted by molar-refractivity contribution is 6.00. The van der Waals surface area contributed by atoms with Gasteiger partial charge in [-0.2, -0.15) is 10.1 Å². The minimum atomic E-state index is -0.490. The summed E-state index contributed by atoms with van der Waals surface area (Å²) in [6.45, 7) is 5.54. The van der Waals surface area contributed by atoms with Gasteiger partial charge in [-0.3, -0.25) is 4.79 Å². The van der Waals surface area contributed by atoms with Crippen molar-refractivity contribution in [2.75, 3.05) is 7.11 Å². The van der Waals surface area contributed by atoms with Crippen molar-refractivity contribution in [2.45, 2.75) is 20.8 Å². The number of aryl methyl sites for hydroxylation is 2. The molecule has 0 unspecified atom stereocenters. The van der Waals surface area contributed by atoms with E-state index >= 15 is 0 Å². The number of nitrogens with one attached hydrogen (secondary N) is 1. The predicted molar refractivity (Wildman–Crippen MR) is 92.9 cm³/mol. The number of benzene rings is 1. The number of fused-ring (bicyclic) bond motifs is 1. The second-order valence-electron chi connectivity index (χ2n) is 5.55. The Labute approximate surface area is 144 Å². The lowest BCUT2D eigenvalue weighted by Crippen LogP contribution is -2.20. The Hall–Kier alpha value is -3.29. The van der Waals surface area contributed by atoms with Crippen LogP contribution in [0.15, 0.2) is 35.4 Å². The summed E-state index contributed by atoms with van der Waals surface area (Å²) in [5.41, 5.74) is 5.67. The lowest BCUT2D eigenvalue weighted by Gasteiger charge is -2.03. The van der Waals surface area contributed by atoms with E-state index in [9.17, 15) is 4.79 Å². The lowest BCUT2D eigenvalue weighted by molar-refractivity contribution is 0.0944. The van der Waals surface area contributed by atoms with Crippen LogP contribution in [0.4, 0.5) is 0 Å². The molecule has 8 nitrogen and oxygen atoms in total. The zero-order chi connectivity index (χ0) is 18.0. The van der Waals surface area contributed by atoms with Crippen LogP contribution in [0, 0.1) is 13.8 Å². The van der Waals surface area contributed by atoms with Crippen LogP contribution in [-0.2, 0) is 0 Å². The monoisotopic (exact) mass is 338 g/mol. The number of nitrogens with zero attached hydrogens (tertiary/aromatic N) is 5. The number of ether oxygens (including phenoxy) is 1. The van der Waals surface area contributed by atoms with Crippen LogP contribution in [0.1, 0.15) is 34.5 Å². The molecular weight excluding hydrogens is 320 g/mol. The molecule has 0 atom stereocenters. The van der Waals surface area contributed by atoms with E-state index in [4.69, 9.17) is 4.74 Å². The number of carbonyl (C=O) groups is 1. The first kappa shape index (κ1) is 16.6. The molecule has 25 heavy (non-hydrogen) atoms. The second-order valence-corrected chi connectivity index (χ2v) is 5.55. The molecular formula is C17H18N6O2. The van der Waals surface area contributed by atoms with E-state index in [0.29, 0.717) is 11.5 Å². The Morgan fingerprint density at radius 3 is 2.60 bits per heavy atom. The van der Waals surface area contributed by atoms with Gasteiger partial charge in [0.15, 0.2) is 0 Å². The molecule has 0 aliphatic heterocycles. The maximum Gasteiger partial charge on any atom is 0.311 e. The van der Waals surface area contributed by atoms with E-state index < -0.39 is 5.91 Å². The molecule has 2 heterocycles. The summed E-state index contributed by atoms with van der Waals surface area (Å²) in [5, 5.41) is 8.27. The maximum atomic E-state index is 12.2. The van der Waals surface area contributed by atoms with Crippen molar-refractivity contribution in [2.24, 2.45) is 5.10 Å². The molecule has 8 heteroatoms. The number of hydrogen-bond acceptors (Lipinski definition) is 6. The summed E-state index contributed by atoms with van der Waals surface area (Å²) < 4.78 is 6.65. The van der Waals surface area contributed by atoms with E-state index in [2.05, 4.69) is 25.6 Å². The Morgan fingerprint density at radius 2 is 1.92 bits per heavy atom. The SMILES string of the molecule is COc1ccc(/C(C)=N/NC(=O)c2nc3nc(C)cc(C)n3n2)cc1. The van der Waals surface area contributed by atoms with Gasteiger partial charge in [0.2, 0.25) is 5.82 Å². The highest BCUT2D eigenvalue weighted by Gasteiger charge is 2.14. The Balaban J connectivity index is 1.78. The Morgan fingerprint density at radius 1 is 1.20 bits per heavy atom. The van der Waals surface area contributed by atoms with Crippen molar-refractivity contribution in [3.05, 3.63) is 53.1 Å². The van der Waals surface area contributed by atoms with Gasteiger partial charge in [0.1, 0.15) is 5.75 Å². The number of amides is 1. The van der Waals surface area contributed by atoms with Crippen molar-refractivity contribution in [3.8, 4) is 5.75 Å². The van der Waals surface area contributed by atoms with Crippen LogP contribution in [0.3, 0.4) is 0 Å². The highest BCUT2D eigenvalue weighted by atomic mass is 16.5. The van der Waals surface area contributed by atoms with Crippen LogP contribution in [0.5, 0.6) is 5.75 Å². The van der Waals surface area contributed by atoms with Gasteiger partial charge in [0.05, 0.1) is 12.8 Å². The number of methoxy groups -OCH3 is 1. The summed E-state index contributed by atoms with van der Waals surface area (Å²) >= 11 is 0. The molecule has 1 amide bonds. The van der Waals surface area contributed by atoms with Gasteiger partial charge >= 0.3 is 5.91 Å². The Kier molecular flexibility index (Phi) is 4.42. The summed E-state index contributed by atoms with van der Waals surface area (Å²) in [7, 11) is 1.61. The van der Waals surface area contributed by atoms with Crippen LogP contribution in [0.25, 0.3) is 5.78 Å². The van der Waals surface area contributed by atoms with Crippen molar-refractivity contribution >= 4 is 17.4 Å². The molecule has 128 valence electrons. The molecule has 0 spiro atoms. The van der Waals surface area contributed by atoms with Gasteiger partial charge in [-0.05, 0) is 56.7 Å². The molecule has 0 saturated carbocycles. The topological polar surface area (TPSA) is 93.8 Å². The number of carbonyl (C=O) groups excluding carboxylic acids is 1. The van der Waals surface area contributed by atoms with Gasteiger partial charge in [-0.25, -0.2) is 14.9 Å². The largest absolute Gasteiger partial charge is 0.497 e. The fraction of sp³-hybridized carbons (Fsp3) is 0.235. The van der Waals surface area contributed by atoms with Crippen LogP contribution in [0.2, 0.25) is 0 Å². The molecule has 0 aliphatic carbocycles. The van der Waals surface area contributed by atoms with Crippen LogP contribution >= 0.6 is 0 Å². The number of aromatic nitrogens is 4. The molecule has 3 aromatic rings. The first-order valence-corrected chi connectivity index (χ1v) is 7.68. The summed E-state index contributed by atoms with van der Waals surface area (Å²) in [6, 6.07) is 9.26. The molecule has 1 aromatic carbocycles. The van der Waals surface area contributed by atoms with Gasteiger partial charge in [0, 0.05) is 11.4 Å². The van der Waals surface area contributed by atoms with Crippen LogP contribution in [-0.4, -0.2) is 38.3 Å². The normalized spacial score (nSPS) is 11.6. The smallest absolute Gasteiger partial charge is 0.311 e. The van der Waals surface area contributed by atoms with E-state index in [-0.39, 0.29) is 5.82 Å². The minimum Gasteiger partial charge on any atom is -0.497 e. The average molecular weight is 338 g/mol. The third-order valence-electron chi connectivity index (χ3n) is 3.65.